The number of para-hydroxylation sites is 1. The SMILES string of the molecule is Cc1nc(C(=O)NC(CCO)Cc2ccccc2)nn1-c1c(Cl)cccc1Cl. The van der Waals surface area contributed by atoms with Gasteiger partial charge in [0.15, 0.2) is 0 Å². The van der Waals surface area contributed by atoms with Gasteiger partial charge in [-0.15, -0.1) is 5.10 Å². The van der Waals surface area contributed by atoms with E-state index in [4.69, 9.17) is 23.2 Å². The highest BCUT2D eigenvalue weighted by atomic mass is 35.5. The van der Waals surface area contributed by atoms with Crippen LogP contribution in [0.25, 0.3) is 5.69 Å². The van der Waals surface area contributed by atoms with Gasteiger partial charge in [0.05, 0.1) is 10.0 Å². The van der Waals surface area contributed by atoms with Crippen LogP contribution < -0.4 is 5.32 Å². The Morgan fingerprint density at radius 3 is 2.46 bits per heavy atom. The van der Waals surface area contributed by atoms with Crippen LogP contribution in [0.3, 0.4) is 0 Å². The molecule has 0 spiro atoms. The highest BCUT2D eigenvalue weighted by molar-refractivity contribution is 6.37. The molecule has 1 amide bonds. The van der Waals surface area contributed by atoms with Gasteiger partial charge in [-0.25, -0.2) is 9.67 Å². The molecule has 6 nitrogen and oxygen atoms in total. The molecule has 0 radical (unpaired) electrons. The lowest BCUT2D eigenvalue weighted by Gasteiger charge is -2.17. The Balaban J connectivity index is 1.80. The van der Waals surface area contributed by atoms with E-state index < -0.39 is 5.91 Å². The van der Waals surface area contributed by atoms with Crippen LogP contribution in [0.15, 0.2) is 48.5 Å². The third-order valence-corrected chi connectivity index (χ3v) is 4.87. The Kier molecular flexibility index (Phi) is 6.67. The fourth-order valence-corrected chi connectivity index (χ4v) is 3.48. The molecule has 0 fully saturated rings. The number of halogens is 2. The molecule has 0 saturated heterocycles. The third-order valence-electron chi connectivity index (χ3n) is 4.26. The molecule has 28 heavy (non-hydrogen) atoms. The molecule has 1 atom stereocenters. The van der Waals surface area contributed by atoms with E-state index in [9.17, 15) is 9.90 Å². The number of rotatable bonds is 7. The van der Waals surface area contributed by atoms with E-state index in [-0.39, 0.29) is 18.5 Å². The van der Waals surface area contributed by atoms with E-state index in [1.54, 1.807) is 25.1 Å². The molecule has 1 unspecified atom stereocenters. The van der Waals surface area contributed by atoms with E-state index >= 15 is 0 Å². The standard InChI is InChI=1S/C20H20Cl2N4O2/c1-13-23-19(25-26(13)18-16(21)8-5-9-17(18)22)20(28)24-15(10-11-27)12-14-6-3-2-4-7-14/h2-9,15,27H,10-12H2,1H3,(H,24,28). The molecule has 0 aliphatic rings. The minimum absolute atomic E-state index is 0.0180. The maximum absolute atomic E-state index is 12.7. The molecule has 3 aromatic rings. The number of carbonyl (C=O) groups is 1. The lowest BCUT2D eigenvalue weighted by Crippen LogP contribution is -2.37. The Morgan fingerprint density at radius 2 is 1.82 bits per heavy atom. The van der Waals surface area contributed by atoms with Gasteiger partial charge in [-0.3, -0.25) is 4.79 Å². The summed E-state index contributed by atoms with van der Waals surface area (Å²) in [5.74, 6) is 0.0887. The van der Waals surface area contributed by atoms with Crippen molar-refractivity contribution in [2.45, 2.75) is 25.8 Å². The normalized spacial score (nSPS) is 12.0. The monoisotopic (exact) mass is 418 g/mol. The van der Waals surface area contributed by atoms with Crippen LogP contribution in [0.5, 0.6) is 0 Å². The third kappa shape index (κ3) is 4.70. The molecule has 1 aromatic heterocycles. The molecule has 146 valence electrons. The second-order valence-corrected chi connectivity index (χ2v) is 7.15. The number of nitrogens with one attached hydrogen (secondary N) is 1. The fraction of sp³-hybridized carbons (Fsp3) is 0.250. The molecule has 0 aliphatic carbocycles. The van der Waals surface area contributed by atoms with Crippen LogP contribution in [0.1, 0.15) is 28.4 Å². The summed E-state index contributed by atoms with van der Waals surface area (Å²) in [5.41, 5.74) is 1.55. The smallest absolute Gasteiger partial charge is 0.291 e. The summed E-state index contributed by atoms with van der Waals surface area (Å²) >= 11 is 12.5. The van der Waals surface area contributed by atoms with E-state index in [1.165, 1.54) is 4.68 Å². The van der Waals surface area contributed by atoms with Crippen molar-refractivity contribution in [3.63, 3.8) is 0 Å². The van der Waals surface area contributed by atoms with Gasteiger partial charge in [-0.1, -0.05) is 59.6 Å². The van der Waals surface area contributed by atoms with Gasteiger partial charge in [0.1, 0.15) is 11.5 Å². The van der Waals surface area contributed by atoms with E-state index in [2.05, 4.69) is 15.4 Å². The zero-order valence-corrected chi connectivity index (χ0v) is 16.8. The number of aliphatic hydroxyl groups excluding tert-OH is 1. The van der Waals surface area contributed by atoms with Gasteiger partial charge in [-0.2, -0.15) is 0 Å². The van der Waals surface area contributed by atoms with Gasteiger partial charge in [0.25, 0.3) is 5.91 Å². The summed E-state index contributed by atoms with van der Waals surface area (Å²) in [4.78, 5) is 16.9. The molecule has 0 aliphatic heterocycles. The lowest BCUT2D eigenvalue weighted by molar-refractivity contribution is 0.0919. The molecule has 0 bridgehead atoms. The van der Waals surface area contributed by atoms with Crippen molar-refractivity contribution in [3.05, 3.63) is 75.8 Å². The van der Waals surface area contributed by atoms with Crippen molar-refractivity contribution in [2.24, 2.45) is 0 Å². The predicted molar refractivity (Wildman–Crippen MR) is 109 cm³/mol. The molecule has 2 N–H and O–H groups in total. The summed E-state index contributed by atoms with van der Waals surface area (Å²) in [6.45, 7) is 1.69. The van der Waals surface area contributed by atoms with Crippen LogP contribution in [0.2, 0.25) is 10.0 Å². The van der Waals surface area contributed by atoms with Crippen molar-refractivity contribution in [2.75, 3.05) is 6.61 Å². The van der Waals surface area contributed by atoms with Crippen molar-refractivity contribution in [1.82, 2.24) is 20.1 Å². The highest BCUT2D eigenvalue weighted by Gasteiger charge is 2.21. The lowest BCUT2D eigenvalue weighted by atomic mass is 10.0. The first-order chi connectivity index (χ1) is 13.5. The average Bonchev–Trinajstić information content (AvgIpc) is 3.04. The topological polar surface area (TPSA) is 80.0 Å². The minimum atomic E-state index is -0.417. The second-order valence-electron chi connectivity index (χ2n) is 6.34. The minimum Gasteiger partial charge on any atom is -0.396 e. The van der Waals surface area contributed by atoms with Crippen LogP contribution in [0, 0.1) is 6.92 Å². The Labute approximate surface area is 173 Å². The molecule has 3 rings (SSSR count). The summed E-state index contributed by atoms with van der Waals surface area (Å²) < 4.78 is 1.46. The van der Waals surface area contributed by atoms with Crippen molar-refractivity contribution < 1.29 is 9.90 Å². The number of aliphatic hydroxyl groups is 1. The average molecular weight is 419 g/mol. The maximum Gasteiger partial charge on any atom is 0.291 e. The molecule has 8 heteroatoms. The highest BCUT2D eigenvalue weighted by Crippen LogP contribution is 2.28. The number of amides is 1. The van der Waals surface area contributed by atoms with Gasteiger partial charge in [-0.05, 0) is 37.5 Å². The number of aryl methyl sites for hydroxylation is 1. The molecule has 2 aromatic carbocycles. The Hall–Kier alpha value is -2.41. The summed E-state index contributed by atoms with van der Waals surface area (Å²) in [6, 6.07) is 14.7. The molecule has 1 heterocycles. The van der Waals surface area contributed by atoms with E-state index in [1.807, 2.05) is 30.3 Å². The number of hydrogen-bond acceptors (Lipinski definition) is 4. The van der Waals surface area contributed by atoms with Crippen LogP contribution >= 0.6 is 23.2 Å². The van der Waals surface area contributed by atoms with Crippen LogP contribution in [0.4, 0.5) is 0 Å². The Bertz CT molecular complexity index is 940. The Morgan fingerprint density at radius 1 is 1.14 bits per heavy atom. The summed E-state index contributed by atoms with van der Waals surface area (Å²) in [7, 11) is 0. The van der Waals surface area contributed by atoms with Crippen molar-refractivity contribution >= 4 is 29.1 Å². The number of benzene rings is 2. The van der Waals surface area contributed by atoms with Gasteiger partial charge < -0.3 is 10.4 Å². The molecular formula is C20H20Cl2N4O2. The number of carbonyl (C=O) groups excluding carboxylic acids is 1. The second kappa shape index (κ2) is 9.19. The van der Waals surface area contributed by atoms with Crippen LogP contribution in [-0.2, 0) is 6.42 Å². The van der Waals surface area contributed by atoms with E-state index in [0.717, 1.165) is 5.56 Å². The van der Waals surface area contributed by atoms with Gasteiger partial charge in [0, 0.05) is 12.6 Å². The number of aromatic nitrogens is 3. The molecule has 0 saturated carbocycles. The largest absolute Gasteiger partial charge is 0.396 e. The molecular weight excluding hydrogens is 399 g/mol. The van der Waals surface area contributed by atoms with Gasteiger partial charge in [0.2, 0.25) is 5.82 Å². The summed E-state index contributed by atoms with van der Waals surface area (Å²) in [6.07, 6.45) is 1.03. The maximum atomic E-state index is 12.7. The quantitative estimate of drug-likeness (QED) is 0.613. The first-order valence-electron chi connectivity index (χ1n) is 8.83. The summed E-state index contributed by atoms with van der Waals surface area (Å²) in [5, 5.41) is 17.3. The zero-order valence-electron chi connectivity index (χ0n) is 15.3. The van der Waals surface area contributed by atoms with Gasteiger partial charge >= 0.3 is 0 Å². The number of hydrogen-bond donors (Lipinski definition) is 2. The fourth-order valence-electron chi connectivity index (χ4n) is 2.92. The number of nitrogens with zero attached hydrogens (tertiary/aromatic N) is 3. The van der Waals surface area contributed by atoms with Crippen LogP contribution in [-0.4, -0.2) is 38.4 Å². The first kappa shape index (κ1) is 20.3. The first-order valence-corrected chi connectivity index (χ1v) is 9.59. The van der Waals surface area contributed by atoms with E-state index in [0.29, 0.717) is 34.4 Å². The zero-order chi connectivity index (χ0) is 20.1. The van der Waals surface area contributed by atoms with Crippen molar-refractivity contribution in [3.8, 4) is 5.69 Å². The van der Waals surface area contributed by atoms with Crippen molar-refractivity contribution in [1.29, 1.82) is 0 Å². The predicted octanol–water partition coefficient (Wildman–Crippen LogP) is 3.61.